The Balaban J connectivity index is 1.99. The number of hydrogen-bond donors (Lipinski definition) is 3. The minimum absolute atomic E-state index is 0.172. The third kappa shape index (κ3) is 3.06. The summed E-state index contributed by atoms with van der Waals surface area (Å²) < 4.78 is 26.6. The number of amides is 2. The van der Waals surface area contributed by atoms with Crippen LogP contribution in [0.5, 0.6) is 0 Å². The van der Waals surface area contributed by atoms with Crippen LogP contribution in [-0.4, -0.2) is 44.6 Å². The molecule has 2 saturated heterocycles. The SMILES string of the molecule is O=C1CCC(NS(=O)(=O)C2CCNCC2)C(=O)N1. The lowest BCUT2D eigenvalue weighted by Crippen LogP contribution is -2.54. The average molecular weight is 275 g/mol. The highest BCUT2D eigenvalue weighted by Crippen LogP contribution is 2.14. The molecule has 102 valence electrons. The fourth-order valence-corrected chi connectivity index (χ4v) is 3.88. The first-order chi connectivity index (χ1) is 8.49. The van der Waals surface area contributed by atoms with E-state index >= 15 is 0 Å². The standard InChI is InChI=1S/C10H17N3O4S/c14-9-2-1-8(10(15)12-9)13-18(16,17)7-3-5-11-6-4-7/h7-8,11,13H,1-6H2,(H,12,14,15). The van der Waals surface area contributed by atoms with E-state index in [1.54, 1.807) is 0 Å². The third-order valence-electron chi connectivity index (χ3n) is 3.27. The summed E-state index contributed by atoms with van der Waals surface area (Å²) in [7, 11) is -3.50. The number of nitrogens with one attached hydrogen (secondary N) is 3. The lowest BCUT2D eigenvalue weighted by molar-refractivity contribution is -0.134. The average Bonchev–Trinajstić information content (AvgIpc) is 2.34. The van der Waals surface area contributed by atoms with Gasteiger partial charge in [0.2, 0.25) is 21.8 Å². The lowest BCUT2D eigenvalue weighted by Gasteiger charge is -2.27. The van der Waals surface area contributed by atoms with Crippen molar-refractivity contribution in [1.82, 2.24) is 15.4 Å². The van der Waals surface area contributed by atoms with Gasteiger partial charge >= 0.3 is 0 Å². The molecule has 2 fully saturated rings. The van der Waals surface area contributed by atoms with Crippen LogP contribution in [0.15, 0.2) is 0 Å². The zero-order valence-corrected chi connectivity index (χ0v) is 10.8. The second-order valence-corrected chi connectivity index (χ2v) is 6.61. The smallest absolute Gasteiger partial charge is 0.244 e. The molecule has 3 N–H and O–H groups in total. The van der Waals surface area contributed by atoms with Gasteiger partial charge in [-0.1, -0.05) is 0 Å². The van der Waals surface area contributed by atoms with Gasteiger partial charge in [0.25, 0.3) is 0 Å². The van der Waals surface area contributed by atoms with Crippen LogP contribution in [0.25, 0.3) is 0 Å². The minimum atomic E-state index is -3.50. The van der Waals surface area contributed by atoms with Gasteiger partial charge < -0.3 is 5.32 Å². The van der Waals surface area contributed by atoms with Gasteiger partial charge in [-0.2, -0.15) is 0 Å². The van der Waals surface area contributed by atoms with E-state index in [1.165, 1.54) is 0 Å². The summed E-state index contributed by atoms with van der Waals surface area (Å²) in [6.07, 6.45) is 1.49. The molecule has 0 aromatic carbocycles. The van der Waals surface area contributed by atoms with Crippen LogP contribution < -0.4 is 15.4 Å². The van der Waals surface area contributed by atoms with E-state index in [9.17, 15) is 18.0 Å². The van der Waals surface area contributed by atoms with E-state index in [4.69, 9.17) is 0 Å². The molecule has 0 spiro atoms. The highest BCUT2D eigenvalue weighted by Gasteiger charge is 2.34. The molecule has 2 aliphatic heterocycles. The molecule has 2 aliphatic rings. The molecule has 0 bridgehead atoms. The van der Waals surface area contributed by atoms with Gasteiger partial charge in [-0.05, 0) is 32.4 Å². The van der Waals surface area contributed by atoms with Crippen molar-refractivity contribution >= 4 is 21.8 Å². The Morgan fingerprint density at radius 2 is 1.78 bits per heavy atom. The Labute approximate surface area is 106 Å². The summed E-state index contributed by atoms with van der Waals surface area (Å²) in [6, 6.07) is -0.817. The zero-order chi connectivity index (χ0) is 13.2. The predicted octanol–water partition coefficient (Wildman–Crippen LogP) is -1.54. The Hall–Kier alpha value is -0.990. The topological polar surface area (TPSA) is 104 Å². The molecule has 2 heterocycles. The van der Waals surface area contributed by atoms with Crippen molar-refractivity contribution in [2.24, 2.45) is 0 Å². The fraction of sp³-hybridized carbons (Fsp3) is 0.800. The number of carbonyl (C=O) groups is 2. The molecule has 7 nitrogen and oxygen atoms in total. The molecule has 1 unspecified atom stereocenters. The van der Waals surface area contributed by atoms with E-state index in [2.05, 4.69) is 15.4 Å². The summed E-state index contributed by atoms with van der Waals surface area (Å²) >= 11 is 0. The molecule has 2 amide bonds. The van der Waals surface area contributed by atoms with Crippen LogP contribution in [0.3, 0.4) is 0 Å². The fourth-order valence-electron chi connectivity index (χ4n) is 2.21. The molecule has 0 radical (unpaired) electrons. The Bertz CT molecular complexity index is 442. The number of carbonyl (C=O) groups excluding carboxylic acids is 2. The van der Waals surface area contributed by atoms with Gasteiger partial charge in [0.1, 0.15) is 6.04 Å². The molecule has 1 atom stereocenters. The van der Waals surface area contributed by atoms with E-state index in [-0.39, 0.29) is 18.7 Å². The Kier molecular flexibility index (Phi) is 3.98. The molecule has 8 heteroatoms. The molecule has 0 aromatic heterocycles. The van der Waals surface area contributed by atoms with Crippen LogP contribution in [0.2, 0.25) is 0 Å². The van der Waals surface area contributed by atoms with Gasteiger partial charge in [0.15, 0.2) is 0 Å². The first kappa shape index (κ1) is 13.4. The first-order valence-corrected chi connectivity index (χ1v) is 7.59. The van der Waals surface area contributed by atoms with E-state index < -0.39 is 27.2 Å². The highest BCUT2D eigenvalue weighted by molar-refractivity contribution is 7.90. The Morgan fingerprint density at radius 1 is 1.11 bits per heavy atom. The van der Waals surface area contributed by atoms with Crippen LogP contribution in [0.4, 0.5) is 0 Å². The number of hydrogen-bond acceptors (Lipinski definition) is 5. The van der Waals surface area contributed by atoms with Gasteiger partial charge in [0, 0.05) is 6.42 Å². The monoisotopic (exact) mass is 275 g/mol. The normalized spacial score (nSPS) is 27.0. The number of sulfonamides is 1. The summed E-state index contributed by atoms with van der Waals surface area (Å²) in [5, 5.41) is 4.77. The van der Waals surface area contributed by atoms with Crippen molar-refractivity contribution in [3.05, 3.63) is 0 Å². The second kappa shape index (κ2) is 5.33. The van der Waals surface area contributed by atoms with E-state index in [0.29, 0.717) is 25.9 Å². The van der Waals surface area contributed by atoms with Crippen LogP contribution in [-0.2, 0) is 19.6 Å². The highest BCUT2D eigenvalue weighted by atomic mass is 32.2. The lowest BCUT2D eigenvalue weighted by atomic mass is 10.1. The molecule has 0 saturated carbocycles. The minimum Gasteiger partial charge on any atom is -0.317 e. The maximum absolute atomic E-state index is 12.1. The van der Waals surface area contributed by atoms with Crippen LogP contribution in [0, 0.1) is 0 Å². The molecule has 2 rings (SSSR count). The predicted molar refractivity (Wildman–Crippen MR) is 64.1 cm³/mol. The van der Waals surface area contributed by atoms with Crippen molar-refractivity contribution in [2.45, 2.75) is 37.0 Å². The quantitative estimate of drug-likeness (QED) is 0.542. The van der Waals surface area contributed by atoms with Gasteiger partial charge in [-0.25, -0.2) is 13.1 Å². The van der Waals surface area contributed by atoms with Gasteiger partial charge in [-0.15, -0.1) is 0 Å². The molecular formula is C10H17N3O4S. The second-order valence-electron chi connectivity index (χ2n) is 4.62. The maximum atomic E-state index is 12.1. The van der Waals surface area contributed by atoms with Crippen molar-refractivity contribution in [3.63, 3.8) is 0 Å². The van der Waals surface area contributed by atoms with E-state index in [0.717, 1.165) is 0 Å². The third-order valence-corrected chi connectivity index (χ3v) is 5.23. The number of imide groups is 1. The maximum Gasteiger partial charge on any atom is 0.244 e. The number of rotatable bonds is 3. The molecule has 0 aliphatic carbocycles. The molecular weight excluding hydrogens is 258 g/mol. The zero-order valence-electron chi connectivity index (χ0n) is 9.94. The van der Waals surface area contributed by atoms with Gasteiger partial charge in [0.05, 0.1) is 5.25 Å². The number of piperidine rings is 2. The van der Waals surface area contributed by atoms with Crippen molar-refractivity contribution in [1.29, 1.82) is 0 Å². The summed E-state index contributed by atoms with van der Waals surface area (Å²) in [6.45, 7) is 1.34. The van der Waals surface area contributed by atoms with Crippen LogP contribution >= 0.6 is 0 Å². The molecule has 0 aromatic rings. The van der Waals surface area contributed by atoms with Crippen molar-refractivity contribution in [2.75, 3.05) is 13.1 Å². The summed E-state index contributed by atoms with van der Waals surface area (Å²) in [4.78, 5) is 22.5. The van der Waals surface area contributed by atoms with Gasteiger partial charge in [-0.3, -0.25) is 14.9 Å². The van der Waals surface area contributed by atoms with Crippen molar-refractivity contribution < 1.29 is 18.0 Å². The molecule has 18 heavy (non-hydrogen) atoms. The summed E-state index contributed by atoms with van der Waals surface area (Å²) in [5.74, 6) is -0.902. The van der Waals surface area contributed by atoms with Crippen LogP contribution in [0.1, 0.15) is 25.7 Å². The van der Waals surface area contributed by atoms with Crippen molar-refractivity contribution in [3.8, 4) is 0 Å². The van der Waals surface area contributed by atoms with E-state index in [1.807, 2.05) is 0 Å². The Morgan fingerprint density at radius 3 is 2.39 bits per heavy atom. The summed E-state index contributed by atoms with van der Waals surface area (Å²) in [5.41, 5.74) is 0. The largest absolute Gasteiger partial charge is 0.317 e. The first-order valence-electron chi connectivity index (χ1n) is 6.04.